The van der Waals surface area contributed by atoms with Crippen LogP contribution in [0.3, 0.4) is 0 Å². The van der Waals surface area contributed by atoms with Gasteiger partial charge in [-0.05, 0) is 42.7 Å². The number of anilines is 3. The van der Waals surface area contributed by atoms with Crippen LogP contribution in [-0.2, 0) is 12.8 Å². The number of carbonyl (C=O) groups is 1. The zero-order chi connectivity index (χ0) is 22.4. The molecular formula is C22H16N6OS3. The predicted molar refractivity (Wildman–Crippen MR) is 130 cm³/mol. The van der Waals surface area contributed by atoms with E-state index in [-0.39, 0.29) is 21.9 Å². The van der Waals surface area contributed by atoms with Gasteiger partial charge in [0.2, 0.25) is 0 Å². The number of nitriles is 2. The lowest BCUT2D eigenvalue weighted by Gasteiger charge is -2.09. The van der Waals surface area contributed by atoms with Crippen LogP contribution in [0.4, 0.5) is 16.5 Å². The number of nitrogens with zero attached hydrogens (tertiary/aromatic N) is 3. The molecule has 0 aromatic carbocycles. The van der Waals surface area contributed by atoms with Gasteiger partial charge in [0.15, 0.2) is 0 Å². The lowest BCUT2D eigenvalue weighted by Crippen LogP contribution is -2.12. The maximum Gasteiger partial charge on any atom is 0.268 e. The van der Waals surface area contributed by atoms with Crippen LogP contribution in [0.25, 0.3) is 20.7 Å². The molecule has 0 aliphatic heterocycles. The Morgan fingerprint density at radius 2 is 1.91 bits per heavy atom. The summed E-state index contributed by atoms with van der Waals surface area (Å²) >= 11 is 4.06. The predicted octanol–water partition coefficient (Wildman–Crippen LogP) is 5.13. The van der Waals surface area contributed by atoms with Crippen LogP contribution in [0.5, 0.6) is 0 Å². The molecule has 0 radical (unpaired) electrons. The van der Waals surface area contributed by atoms with Crippen LogP contribution in [0.1, 0.15) is 44.1 Å². The van der Waals surface area contributed by atoms with Crippen molar-refractivity contribution in [2.45, 2.75) is 25.7 Å². The molecule has 5 rings (SSSR count). The SMILES string of the molecule is N#Cc1c(NC(=O)c2sc3nc(N)c(C#N)c(-c4cccs4)c3c2N)sc2c1CCCC2. The maximum atomic E-state index is 13.2. The van der Waals surface area contributed by atoms with Gasteiger partial charge in [-0.2, -0.15) is 10.5 Å². The summed E-state index contributed by atoms with van der Waals surface area (Å²) < 4.78 is 0. The minimum atomic E-state index is -0.394. The quantitative estimate of drug-likeness (QED) is 0.374. The molecule has 4 aromatic rings. The van der Waals surface area contributed by atoms with Crippen LogP contribution in [0.2, 0.25) is 0 Å². The number of nitrogen functional groups attached to an aromatic ring is 2. The summed E-state index contributed by atoms with van der Waals surface area (Å²) in [4.78, 5) is 20.3. The Bertz CT molecular complexity index is 1470. The van der Waals surface area contributed by atoms with E-state index < -0.39 is 5.91 Å². The summed E-state index contributed by atoms with van der Waals surface area (Å²) in [6, 6.07) is 8.14. The van der Waals surface area contributed by atoms with Crippen LogP contribution in [0.15, 0.2) is 17.5 Å². The first kappa shape index (κ1) is 20.5. The Labute approximate surface area is 195 Å². The Balaban J connectivity index is 1.62. The highest BCUT2D eigenvalue weighted by molar-refractivity contribution is 7.22. The second-order valence-electron chi connectivity index (χ2n) is 7.34. The van der Waals surface area contributed by atoms with Gasteiger partial charge in [0, 0.05) is 20.7 Å². The summed E-state index contributed by atoms with van der Waals surface area (Å²) in [5.41, 5.74) is 15.2. The van der Waals surface area contributed by atoms with Crippen LogP contribution >= 0.6 is 34.0 Å². The van der Waals surface area contributed by atoms with Crippen molar-refractivity contribution in [3.63, 3.8) is 0 Å². The first-order chi connectivity index (χ1) is 15.5. The lowest BCUT2D eigenvalue weighted by molar-refractivity contribution is 0.103. The third kappa shape index (κ3) is 3.12. The number of aromatic nitrogens is 1. The molecule has 158 valence electrons. The first-order valence-electron chi connectivity index (χ1n) is 9.84. The van der Waals surface area contributed by atoms with Crippen molar-refractivity contribution in [3.05, 3.63) is 44.0 Å². The smallest absolute Gasteiger partial charge is 0.268 e. The first-order valence-corrected chi connectivity index (χ1v) is 12.4. The number of carbonyl (C=O) groups excluding carboxylic acids is 1. The molecule has 0 atom stereocenters. The standard InChI is InChI=1S/C22H16N6OS3/c23-8-11-10-4-1-2-5-13(10)31-21(11)28-20(29)18-17(25)16-15(14-6-3-7-30-14)12(9-24)19(26)27-22(16)32-18/h3,6-7H,1-2,4-5,25H2,(H2,26,27)(H,28,29). The number of fused-ring (bicyclic) bond motifs is 2. The fraction of sp³-hybridized carbons (Fsp3) is 0.182. The number of nitrogens with one attached hydrogen (secondary N) is 1. The van der Waals surface area contributed by atoms with Gasteiger partial charge >= 0.3 is 0 Å². The average molecular weight is 477 g/mol. The number of nitrogens with two attached hydrogens (primary N) is 2. The summed E-state index contributed by atoms with van der Waals surface area (Å²) in [6.45, 7) is 0. The van der Waals surface area contributed by atoms with Crippen LogP contribution in [0, 0.1) is 22.7 Å². The number of amides is 1. The molecule has 0 spiro atoms. The minimum Gasteiger partial charge on any atom is -0.397 e. The van der Waals surface area contributed by atoms with Crippen molar-refractivity contribution in [1.82, 2.24) is 4.98 Å². The normalized spacial score (nSPS) is 12.8. The molecule has 0 saturated heterocycles. The van der Waals surface area contributed by atoms with Gasteiger partial charge in [0.05, 0.1) is 11.3 Å². The van der Waals surface area contributed by atoms with Crippen LogP contribution < -0.4 is 16.8 Å². The summed E-state index contributed by atoms with van der Waals surface area (Å²) in [5, 5.41) is 25.3. The number of rotatable bonds is 3. The number of hydrogen-bond acceptors (Lipinski definition) is 9. The maximum absolute atomic E-state index is 13.2. The lowest BCUT2D eigenvalue weighted by atomic mass is 9.96. The molecule has 32 heavy (non-hydrogen) atoms. The molecular weight excluding hydrogens is 460 g/mol. The molecule has 7 nitrogen and oxygen atoms in total. The van der Waals surface area contributed by atoms with Gasteiger partial charge < -0.3 is 16.8 Å². The molecule has 4 aromatic heterocycles. The topological polar surface area (TPSA) is 142 Å². The highest BCUT2D eigenvalue weighted by Gasteiger charge is 2.27. The number of aryl methyl sites for hydroxylation is 1. The second-order valence-corrected chi connectivity index (χ2v) is 10.4. The van der Waals surface area contributed by atoms with E-state index in [9.17, 15) is 15.3 Å². The Kier molecular flexibility index (Phi) is 5.06. The van der Waals surface area contributed by atoms with Crippen molar-refractivity contribution in [3.8, 4) is 22.6 Å². The Hall–Kier alpha value is -3.44. The molecule has 0 unspecified atom stereocenters. The van der Waals surface area contributed by atoms with E-state index in [1.807, 2.05) is 17.5 Å². The van der Waals surface area contributed by atoms with Crippen LogP contribution in [-0.4, -0.2) is 10.9 Å². The van der Waals surface area contributed by atoms with Gasteiger partial charge in [-0.15, -0.1) is 34.0 Å². The number of hydrogen-bond donors (Lipinski definition) is 3. The fourth-order valence-corrected chi connectivity index (χ4v) is 7.08. The van der Waals surface area contributed by atoms with E-state index in [4.69, 9.17) is 11.5 Å². The van der Waals surface area contributed by atoms with Crippen molar-refractivity contribution in [2.24, 2.45) is 0 Å². The molecule has 4 heterocycles. The Morgan fingerprint density at radius 1 is 1.12 bits per heavy atom. The monoisotopic (exact) mass is 476 g/mol. The van der Waals surface area contributed by atoms with Gasteiger partial charge in [-0.1, -0.05) is 6.07 Å². The molecule has 0 saturated carbocycles. The van der Waals surface area contributed by atoms with Gasteiger partial charge in [-0.3, -0.25) is 4.79 Å². The summed E-state index contributed by atoms with van der Waals surface area (Å²) in [5.74, 6) is -0.288. The highest BCUT2D eigenvalue weighted by Crippen LogP contribution is 2.44. The highest BCUT2D eigenvalue weighted by atomic mass is 32.1. The minimum absolute atomic E-state index is 0.106. The van der Waals surface area contributed by atoms with Crippen molar-refractivity contribution >= 4 is 66.6 Å². The van der Waals surface area contributed by atoms with Gasteiger partial charge in [0.1, 0.15) is 38.2 Å². The van der Waals surface area contributed by atoms with E-state index >= 15 is 0 Å². The van der Waals surface area contributed by atoms with Crippen molar-refractivity contribution in [2.75, 3.05) is 16.8 Å². The molecule has 10 heteroatoms. The fourth-order valence-electron chi connectivity index (χ4n) is 4.05. The molecule has 1 aliphatic carbocycles. The van der Waals surface area contributed by atoms with Gasteiger partial charge in [-0.25, -0.2) is 4.98 Å². The van der Waals surface area contributed by atoms with Gasteiger partial charge in [0.25, 0.3) is 5.91 Å². The third-order valence-corrected chi connectivity index (χ3v) is 8.69. The largest absolute Gasteiger partial charge is 0.397 e. The number of pyridine rings is 1. The molecule has 5 N–H and O–H groups in total. The zero-order valence-corrected chi connectivity index (χ0v) is 19.1. The number of thiophene rings is 3. The summed E-state index contributed by atoms with van der Waals surface area (Å²) in [7, 11) is 0. The zero-order valence-electron chi connectivity index (χ0n) is 16.7. The molecule has 0 bridgehead atoms. The van der Waals surface area contributed by atoms with E-state index in [2.05, 4.69) is 22.4 Å². The molecule has 1 amide bonds. The molecule has 1 aliphatic rings. The second kappa shape index (κ2) is 7.92. The van der Waals surface area contributed by atoms with Crippen molar-refractivity contribution < 1.29 is 4.79 Å². The van der Waals surface area contributed by atoms with Crippen molar-refractivity contribution in [1.29, 1.82) is 10.5 Å². The molecule has 0 fully saturated rings. The third-order valence-electron chi connectivity index (χ3n) is 5.50. The Morgan fingerprint density at radius 3 is 2.62 bits per heavy atom. The van der Waals surface area contributed by atoms with E-state index in [0.717, 1.165) is 47.5 Å². The van der Waals surface area contributed by atoms with E-state index in [1.54, 1.807) is 0 Å². The summed E-state index contributed by atoms with van der Waals surface area (Å²) in [6.07, 6.45) is 3.93. The average Bonchev–Trinajstić information content (AvgIpc) is 3.50. The van der Waals surface area contributed by atoms with E-state index in [1.165, 1.54) is 27.6 Å². The van der Waals surface area contributed by atoms with E-state index in [0.29, 0.717) is 26.3 Å².